The van der Waals surface area contributed by atoms with E-state index in [1.807, 2.05) is 0 Å². The third-order valence-corrected chi connectivity index (χ3v) is 2.92. The van der Waals surface area contributed by atoms with Gasteiger partial charge in [-0.2, -0.15) is 0 Å². The Morgan fingerprint density at radius 3 is 2.27 bits per heavy atom. The van der Waals surface area contributed by atoms with Gasteiger partial charge in [0, 0.05) is 17.8 Å². The summed E-state index contributed by atoms with van der Waals surface area (Å²) in [5.41, 5.74) is 5.26. The average Bonchev–Trinajstić information content (AvgIpc) is 2.23. The molecule has 15 heavy (non-hydrogen) atoms. The fourth-order valence-electron chi connectivity index (χ4n) is 1.96. The first-order valence-electron chi connectivity index (χ1n) is 5.77. The molecule has 1 nitrogen and oxygen atoms in total. The van der Waals surface area contributed by atoms with Crippen molar-refractivity contribution in [2.45, 2.75) is 41.0 Å². The highest BCUT2D eigenvalue weighted by atomic mass is 14.9. The van der Waals surface area contributed by atoms with E-state index in [-0.39, 0.29) is 0 Å². The number of rotatable bonds is 2. The minimum absolute atomic E-state index is 0.567. The SMILES string of the molecule is C=C1CC(C(C)C)=CC(C(C)C)=C(C)N1. The lowest BCUT2D eigenvalue weighted by molar-refractivity contribution is 0.727. The molecule has 0 aromatic heterocycles. The van der Waals surface area contributed by atoms with Gasteiger partial charge in [-0.15, -0.1) is 0 Å². The molecule has 0 bridgehead atoms. The molecule has 1 rings (SSSR count). The van der Waals surface area contributed by atoms with Crippen LogP contribution in [0.5, 0.6) is 0 Å². The molecule has 0 aromatic rings. The number of hydrogen-bond donors (Lipinski definition) is 1. The summed E-state index contributed by atoms with van der Waals surface area (Å²) < 4.78 is 0. The van der Waals surface area contributed by atoms with Crippen LogP contribution in [0.3, 0.4) is 0 Å². The maximum absolute atomic E-state index is 4.06. The van der Waals surface area contributed by atoms with Crippen molar-refractivity contribution in [3.05, 3.63) is 35.2 Å². The summed E-state index contributed by atoms with van der Waals surface area (Å²) in [5.74, 6) is 1.17. The molecule has 0 aliphatic carbocycles. The highest BCUT2D eigenvalue weighted by Gasteiger charge is 2.14. The van der Waals surface area contributed by atoms with Crippen LogP contribution < -0.4 is 5.32 Å². The van der Waals surface area contributed by atoms with Gasteiger partial charge in [-0.05, 0) is 24.3 Å². The second kappa shape index (κ2) is 4.69. The van der Waals surface area contributed by atoms with E-state index in [2.05, 4.69) is 52.6 Å². The van der Waals surface area contributed by atoms with Gasteiger partial charge in [0.05, 0.1) is 0 Å². The zero-order valence-corrected chi connectivity index (χ0v) is 10.6. The lowest BCUT2D eigenvalue weighted by Crippen LogP contribution is -2.11. The van der Waals surface area contributed by atoms with Crippen LogP contribution in [0.4, 0.5) is 0 Å². The number of nitrogens with one attached hydrogen (secondary N) is 1. The monoisotopic (exact) mass is 205 g/mol. The summed E-state index contributed by atoms with van der Waals surface area (Å²) in [7, 11) is 0. The van der Waals surface area contributed by atoms with Crippen LogP contribution in [-0.2, 0) is 0 Å². The van der Waals surface area contributed by atoms with Crippen LogP contribution >= 0.6 is 0 Å². The molecular formula is C14H23N. The van der Waals surface area contributed by atoms with Crippen molar-refractivity contribution in [3.63, 3.8) is 0 Å². The molecule has 0 aromatic carbocycles. The van der Waals surface area contributed by atoms with Crippen LogP contribution in [0.15, 0.2) is 35.2 Å². The molecule has 1 aliphatic rings. The Morgan fingerprint density at radius 2 is 1.80 bits per heavy atom. The van der Waals surface area contributed by atoms with Crippen molar-refractivity contribution in [3.8, 4) is 0 Å². The van der Waals surface area contributed by atoms with Crippen LogP contribution in [0, 0.1) is 11.8 Å². The molecule has 0 unspecified atom stereocenters. The third-order valence-electron chi connectivity index (χ3n) is 2.92. The van der Waals surface area contributed by atoms with Crippen LogP contribution in [0.2, 0.25) is 0 Å². The normalized spacial score (nSPS) is 18.1. The first kappa shape index (κ1) is 12.1. The van der Waals surface area contributed by atoms with Crippen LogP contribution in [0.1, 0.15) is 41.0 Å². The Labute approximate surface area is 94.0 Å². The van der Waals surface area contributed by atoms with E-state index in [4.69, 9.17) is 0 Å². The third kappa shape index (κ3) is 2.98. The van der Waals surface area contributed by atoms with Crippen molar-refractivity contribution in [1.29, 1.82) is 0 Å². The zero-order chi connectivity index (χ0) is 11.6. The van der Waals surface area contributed by atoms with Gasteiger partial charge in [-0.1, -0.05) is 45.9 Å². The Bertz CT molecular complexity index is 316. The first-order valence-corrected chi connectivity index (χ1v) is 5.77. The summed E-state index contributed by atoms with van der Waals surface area (Å²) in [4.78, 5) is 0. The van der Waals surface area contributed by atoms with Gasteiger partial charge in [0.1, 0.15) is 0 Å². The molecule has 1 heterocycles. The van der Waals surface area contributed by atoms with Gasteiger partial charge < -0.3 is 5.32 Å². The van der Waals surface area contributed by atoms with E-state index in [1.54, 1.807) is 0 Å². The number of allylic oxidation sites excluding steroid dienone is 4. The Balaban J connectivity index is 3.12. The highest BCUT2D eigenvalue weighted by Crippen LogP contribution is 2.27. The lowest BCUT2D eigenvalue weighted by Gasteiger charge is -2.12. The minimum atomic E-state index is 0.567. The van der Waals surface area contributed by atoms with E-state index in [0.29, 0.717) is 11.8 Å². The van der Waals surface area contributed by atoms with E-state index < -0.39 is 0 Å². The Kier molecular flexibility index (Phi) is 3.78. The predicted octanol–water partition coefficient (Wildman–Crippen LogP) is 4.01. The van der Waals surface area contributed by atoms with Crippen molar-refractivity contribution in [1.82, 2.24) is 5.32 Å². The summed E-state index contributed by atoms with van der Waals surface area (Å²) >= 11 is 0. The van der Waals surface area contributed by atoms with E-state index in [0.717, 1.165) is 12.1 Å². The maximum Gasteiger partial charge on any atom is 0.0152 e. The molecule has 1 N–H and O–H groups in total. The summed E-state index contributed by atoms with van der Waals surface area (Å²) in [6, 6.07) is 0. The second-order valence-electron chi connectivity index (χ2n) is 5.01. The van der Waals surface area contributed by atoms with Crippen molar-refractivity contribution in [2.24, 2.45) is 11.8 Å². The quantitative estimate of drug-likeness (QED) is 0.718. The van der Waals surface area contributed by atoms with Gasteiger partial charge in [0.25, 0.3) is 0 Å². The van der Waals surface area contributed by atoms with E-state index in [1.165, 1.54) is 16.8 Å². The van der Waals surface area contributed by atoms with Gasteiger partial charge in [0.2, 0.25) is 0 Å². The van der Waals surface area contributed by atoms with Crippen LogP contribution in [-0.4, -0.2) is 0 Å². The van der Waals surface area contributed by atoms with E-state index in [9.17, 15) is 0 Å². The van der Waals surface area contributed by atoms with Crippen LogP contribution in [0.25, 0.3) is 0 Å². The van der Waals surface area contributed by atoms with E-state index >= 15 is 0 Å². The molecule has 1 aliphatic heterocycles. The second-order valence-corrected chi connectivity index (χ2v) is 5.01. The molecule has 0 fully saturated rings. The standard InChI is InChI=1S/C14H23N/c1-9(2)13-7-11(5)15-12(6)14(8-13)10(3)4/h8-10,15H,5,7H2,1-4,6H3. The highest BCUT2D eigenvalue weighted by molar-refractivity contribution is 5.35. The van der Waals surface area contributed by atoms with Crippen molar-refractivity contribution in [2.75, 3.05) is 0 Å². The smallest absolute Gasteiger partial charge is 0.0152 e. The fraction of sp³-hybridized carbons (Fsp3) is 0.571. The minimum Gasteiger partial charge on any atom is -0.362 e. The molecule has 0 radical (unpaired) electrons. The zero-order valence-electron chi connectivity index (χ0n) is 10.6. The predicted molar refractivity (Wildman–Crippen MR) is 67.4 cm³/mol. The van der Waals surface area contributed by atoms with Crippen molar-refractivity contribution < 1.29 is 0 Å². The molecule has 0 spiro atoms. The topological polar surface area (TPSA) is 12.0 Å². The number of hydrogen-bond acceptors (Lipinski definition) is 1. The molecule has 0 amide bonds. The summed E-state index contributed by atoms with van der Waals surface area (Å²) in [5, 5.41) is 3.39. The Hall–Kier alpha value is -0.980. The Morgan fingerprint density at radius 1 is 1.20 bits per heavy atom. The first-order chi connectivity index (χ1) is 6.91. The maximum atomic E-state index is 4.06. The molecule has 0 atom stereocenters. The van der Waals surface area contributed by atoms with Gasteiger partial charge in [-0.3, -0.25) is 0 Å². The molecule has 0 saturated heterocycles. The van der Waals surface area contributed by atoms with Gasteiger partial charge >= 0.3 is 0 Å². The fourth-order valence-corrected chi connectivity index (χ4v) is 1.96. The largest absolute Gasteiger partial charge is 0.362 e. The summed E-state index contributed by atoms with van der Waals surface area (Å²) in [6.07, 6.45) is 3.33. The lowest BCUT2D eigenvalue weighted by atomic mass is 9.93. The molecule has 1 heteroatoms. The van der Waals surface area contributed by atoms with Crippen molar-refractivity contribution >= 4 is 0 Å². The van der Waals surface area contributed by atoms with Gasteiger partial charge in [-0.25, -0.2) is 0 Å². The molecule has 0 saturated carbocycles. The van der Waals surface area contributed by atoms with Gasteiger partial charge in [0.15, 0.2) is 0 Å². The average molecular weight is 205 g/mol. The summed E-state index contributed by atoms with van der Waals surface area (Å²) in [6.45, 7) is 15.2. The molecular weight excluding hydrogens is 182 g/mol. The molecule has 84 valence electrons.